The van der Waals surface area contributed by atoms with Gasteiger partial charge < -0.3 is 28.4 Å². The topological polar surface area (TPSA) is 58.6 Å². The number of hydrogen-bond donors (Lipinski definition) is 0. The van der Waals surface area contributed by atoms with Crippen molar-refractivity contribution in [1.82, 2.24) is 4.90 Å². The second-order valence-electron chi connectivity index (χ2n) is 7.82. The molecule has 0 amide bonds. The van der Waals surface area contributed by atoms with Gasteiger partial charge >= 0.3 is 0 Å². The molecule has 0 aromatic heterocycles. The predicted octanol–water partition coefficient (Wildman–Crippen LogP) is 3.25. The maximum absolute atomic E-state index is 6.55. The summed E-state index contributed by atoms with van der Waals surface area (Å²) in [6.45, 7) is 5.58. The van der Waals surface area contributed by atoms with E-state index in [1.54, 1.807) is 14.2 Å². The van der Waals surface area contributed by atoms with Crippen molar-refractivity contribution in [3.63, 3.8) is 0 Å². The summed E-state index contributed by atoms with van der Waals surface area (Å²) in [6, 6.07) is 10.0. The van der Waals surface area contributed by atoms with E-state index in [4.69, 9.17) is 28.4 Å². The number of fused-ring (bicyclic) bond motifs is 2. The Morgan fingerprint density at radius 3 is 2.43 bits per heavy atom. The lowest BCUT2D eigenvalue weighted by molar-refractivity contribution is -0.0785. The second kappa shape index (κ2) is 7.89. The van der Waals surface area contributed by atoms with E-state index in [1.165, 1.54) is 0 Å². The predicted molar refractivity (Wildman–Crippen MR) is 110 cm³/mol. The molecule has 0 unspecified atom stereocenters. The van der Waals surface area contributed by atoms with E-state index in [0.29, 0.717) is 13.2 Å². The number of rotatable bonds is 4. The van der Waals surface area contributed by atoms with Crippen LogP contribution >= 0.6 is 0 Å². The first-order valence-corrected chi connectivity index (χ1v) is 10.3. The molecule has 0 saturated carbocycles. The molecule has 3 aliphatic rings. The van der Waals surface area contributed by atoms with Gasteiger partial charge in [-0.2, -0.15) is 0 Å². The number of methoxy groups -OCH3 is 2. The molecule has 0 radical (unpaired) electrons. The first-order valence-electron chi connectivity index (χ1n) is 10.3. The van der Waals surface area contributed by atoms with Crippen LogP contribution in [0.15, 0.2) is 30.3 Å². The average Bonchev–Trinajstić information content (AvgIpc) is 3.24. The summed E-state index contributed by atoms with van der Waals surface area (Å²) in [6.07, 6.45) is -0.0809. The van der Waals surface area contributed by atoms with Gasteiger partial charge in [0, 0.05) is 42.1 Å². The fraction of sp³-hybridized carbons (Fsp3) is 0.478. The monoisotopic (exact) mass is 413 g/mol. The molecule has 1 fully saturated rings. The lowest BCUT2D eigenvalue weighted by Crippen LogP contribution is -2.52. The van der Waals surface area contributed by atoms with Gasteiger partial charge in [-0.25, -0.2) is 0 Å². The van der Waals surface area contributed by atoms with E-state index in [0.717, 1.165) is 53.0 Å². The summed E-state index contributed by atoms with van der Waals surface area (Å²) in [5.41, 5.74) is 2.15. The zero-order valence-corrected chi connectivity index (χ0v) is 17.6. The Hall–Kier alpha value is -2.64. The normalized spacial score (nSPS) is 25.4. The fourth-order valence-corrected chi connectivity index (χ4v) is 4.82. The van der Waals surface area contributed by atoms with E-state index in [-0.39, 0.29) is 24.9 Å². The molecule has 7 nitrogen and oxygen atoms in total. The van der Waals surface area contributed by atoms with E-state index < -0.39 is 0 Å². The third-order valence-corrected chi connectivity index (χ3v) is 6.24. The first kappa shape index (κ1) is 19.3. The third kappa shape index (κ3) is 3.13. The van der Waals surface area contributed by atoms with Crippen LogP contribution in [-0.4, -0.2) is 58.4 Å². The Labute approximate surface area is 176 Å². The molecule has 5 rings (SSSR count). The van der Waals surface area contributed by atoms with E-state index >= 15 is 0 Å². The highest BCUT2D eigenvalue weighted by Crippen LogP contribution is 2.52. The molecule has 2 aromatic rings. The van der Waals surface area contributed by atoms with Gasteiger partial charge in [0.2, 0.25) is 6.79 Å². The standard InChI is InChI=1S/C23H27NO6/c1-14-21(15-5-4-6-17(25-2)22(15)26-3)16-11-19-20(29-13-28-19)12-18(16)30-23(14)24-7-9-27-10-8-24/h4-6,11-12,14,21,23H,7-10,13H2,1-3H3/t14-,21+,23-/m1/s1. The molecule has 2 aromatic carbocycles. The smallest absolute Gasteiger partial charge is 0.231 e. The third-order valence-electron chi connectivity index (χ3n) is 6.24. The molecular weight excluding hydrogens is 386 g/mol. The molecule has 3 atom stereocenters. The van der Waals surface area contributed by atoms with Crippen LogP contribution in [0.5, 0.6) is 28.7 Å². The van der Waals surface area contributed by atoms with Gasteiger partial charge in [0.25, 0.3) is 0 Å². The molecule has 3 heterocycles. The van der Waals surface area contributed by atoms with Crippen molar-refractivity contribution in [2.24, 2.45) is 5.92 Å². The minimum absolute atomic E-state index is 0.0427. The van der Waals surface area contributed by atoms with Gasteiger partial charge in [-0.3, -0.25) is 4.90 Å². The maximum atomic E-state index is 6.55. The second-order valence-corrected chi connectivity index (χ2v) is 7.82. The molecule has 0 spiro atoms. The molecular formula is C23H27NO6. The Morgan fingerprint density at radius 1 is 0.933 bits per heavy atom. The van der Waals surface area contributed by atoms with Gasteiger partial charge in [0.15, 0.2) is 29.2 Å². The zero-order chi connectivity index (χ0) is 20.7. The number of ether oxygens (including phenoxy) is 6. The SMILES string of the molecule is COc1cccc([C@H]2c3cc4c(cc3O[C@@H](N3CCOCC3)[C@@H]2C)OCO4)c1OC. The van der Waals surface area contributed by atoms with Gasteiger partial charge in [-0.1, -0.05) is 19.1 Å². The van der Waals surface area contributed by atoms with Crippen molar-refractivity contribution in [2.45, 2.75) is 19.1 Å². The number of para-hydroxylation sites is 1. The highest BCUT2D eigenvalue weighted by Gasteiger charge is 2.42. The Bertz CT molecular complexity index is 926. The van der Waals surface area contributed by atoms with Crippen molar-refractivity contribution in [1.29, 1.82) is 0 Å². The summed E-state index contributed by atoms with van der Waals surface area (Å²) in [4.78, 5) is 2.36. The summed E-state index contributed by atoms with van der Waals surface area (Å²) >= 11 is 0. The lowest BCUT2D eigenvalue weighted by atomic mass is 9.77. The lowest BCUT2D eigenvalue weighted by Gasteiger charge is -2.44. The Morgan fingerprint density at radius 2 is 1.70 bits per heavy atom. The number of morpholine rings is 1. The average molecular weight is 413 g/mol. The van der Waals surface area contributed by atoms with Crippen molar-refractivity contribution in [3.05, 3.63) is 41.5 Å². The van der Waals surface area contributed by atoms with Crippen LogP contribution in [0.3, 0.4) is 0 Å². The first-order chi connectivity index (χ1) is 14.7. The van der Waals surface area contributed by atoms with Crippen LogP contribution in [0.25, 0.3) is 0 Å². The van der Waals surface area contributed by atoms with Crippen LogP contribution in [0.4, 0.5) is 0 Å². The van der Waals surface area contributed by atoms with Crippen molar-refractivity contribution >= 4 is 0 Å². The van der Waals surface area contributed by atoms with E-state index in [2.05, 4.69) is 17.9 Å². The molecule has 3 aliphatic heterocycles. The Balaban J connectivity index is 1.65. The Kier molecular flexibility index (Phi) is 5.08. The van der Waals surface area contributed by atoms with E-state index in [1.807, 2.05) is 24.3 Å². The summed E-state index contributed by atoms with van der Waals surface area (Å²) in [7, 11) is 3.35. The summed E-state index contributed by atoms with van der Waals surface area (Å²) in [5, 5.41) is 0. The molecule has 7 heteroatoms. The van der Waals surface area contributed by atoms with Crippen LogP contribution < -0.4 is 23.7 Å². The van der Waals surface area contributed by atoms with Gasteiger partial charge in [-0.05, 0) is 12.1 Å². The molecule has 30 heavy (non-hydrogen) atoms. The van der Waals surface area contributed by atoms with Crippen LogP contribution in [0.2, 0.25) is 0 Å². The summed E-state index contributed by atoms with van der Waals surface area (Å²) < 4.78 is 34.8. The molecule has 1 saturated heterocycles. The van der Waals surface area contributed by atoms with Crippen molar-refractivity contribution in [3.8, 4) is 28.7 Å². The summed E-state index contributed by atoms with van der Waals surface area (Å²) in [5.74, 6) is 3.98. The van der Waals surface area contributed by atoms with Crippen molar-refractivity contribution in [2.75, 3.05) is 47.3 Å². The van der Waals surface area contributed by atoms with Gasteiger partial charge in [-0.15, -0.1) is 0 Å². The minimum atomic E-state index is -0.0809. The van der Waals surface area contributed by atoms with Crippen LogP contribution in [-0.2, 0) is 4.74 Å². The quantitative estimate of drug-likeness (QED) is 0.763. The number of hydrogen-bond acceptors (Lipinski definition) is 7. The van der Waals surface area contributed by atoms with E-state index in [9.17, 15) is 0 Å². The highest BCUT2D eigenvalue weighted by molar-refractivity contribution is 5.59. The van der Waals surface area contributed by atoms with Crippen LogP contribution in [0, 0.1) is 5.92 Å². The van der Waals surface area contributed by atoms with Gasteiger partial charge in [0.05, 0.1) is 27.4 Å². The molecule has 0 N–H and O–H groups in total. The van der Waals surface area contributed by atoms with Crippen molar-refractivity contribution < 1.29 is 28.4 Å². The zero-order valence-electron chi connectivity index (χ0n) is 17.6. The largest absolute Gasteiger partial charge is 0.493 e. The number of benzene rings is 2. The molecule has 0 bridgehead atoms. The number of nitrogens with zero attached hydrogens (tertiary/aromatic N) is 1. The van der Waals surface area contributed by atoms with Gasteiger partial charge in [0.1, 0.15) is 5.75 Å². The minimum Gasteiger partial charge on any atom is -0.493 e. The molecule has 0 aliphatic carbocycles. The fourth-order valence-electron chi connectivity index (χ4n) is 4.82. The maximum Gasteiger partial charge on any atom is 0.231 e. The highest BCUT2D eigenvalue weighted by atomic mass is 16.7. The molecule has 160 valence electrons. The van der Waals surface area contributed by atoms with Crippen LogP contribution in [0.1, 0.15) is 24.0 Å².